The van der Waals surface area contributed by atoms with Gasteiger partial charge in [-0.05, 0) is 19.3 Å². The van der Waals surface area contributed by atoms with Crippen LogP contribution in [0.15, 0.2) is 0 Å². The highest BCUT2D eigenvalue weighted by Gasteiger charge is 2.02. The molecule has 114 valence electrons. The standard InChI is InChI=1S/C16H32O3/c1-3-12-15(17)13-10-8-6-4-5-7-9-11-14-16(18)19-2/h15,17H,3-14H2,1-2H3. The SMILES string of the molecule is CCCC(O)CCCCCCCCCCC(=O)OC. The van der Waals surface area contributed by atoms with Gasteiger partial charge in [-0.2, -0.15) is 0 Å². The van der Waals surface area contributed by atoms with E-state index in [4.69, 9.17) is 0 Å². The molecule has 0 saturated heterocycles. The Morgan fingerprint density at radius 2 is 1.47 bits per heavy atom. The minimum absolute atomic E-state index is 0.0803. The molecule has 0 fully saturated rings. The third-order valence-electron chi connectivity index (χ3n) is 3.52. The number of esters is 1. The van der Waals surface area contributed by atoms with Crippen molar-refractivity contribution in [3.8, 4) is 0 Å². The van der Waals surface area contributed by atoms with Gasteiger partial charge in [0, 0.05) is 6.42 Å². The average molecular weight is 272 g/mol. The van der Waals surface area contributed by atoms with Crippen LogP contribution in [0.2, 0.25) is 0 Å². The van der Waals surface area contributed by atoms with Crippen LogP contribution in [0, 0.1) is 0 Å². The predicted octanol–water partition coefficient (Wildman–Crippen LogP) is 4.22. The number of ether oxygens (including phenoxy) is 1. The first-order valence-corrected chi connectivity index (χ1v) is 7.95. The lowest BCUT2D eigenvalue weighted by molar-refractivity contribution is -0.140. The van der Waals surface area contributed by atoms with Gasteiger partial charge in [-0.15, -0.1) is 0 Å². The van der Waals surface area contributed by atoms with Crippen molar-refractivity contribution in [2.24, 2.45) is 0 Å². The Bertz CT molecular complexity index is 204. The van der Waals surface area contributed by atoms with Gasteiger partial charge in [-0.1, -0.05) is 58.3 Å². The smallest absolute Gasteiger partial charge is 0.305 e. The second-order valence-corrected chi connectivity index (χ2v) is 5.39. The van der Waals surface area contributed by atoms with Gasteiger partial charge in [0.2, 0.25) is 0 Å². The van der Waals surface area contributed by atoms with Crippen molar-refractivity contribution in [2.75, 3.05) is 7.11 Å². The molecule has 0 spiro atoms. The Labute approximate surface area is 118 Å². The molecule has 0 aliphatic rings. The Balaban J connectivity index is 3.09. The fourth-order valence-electron chi connectivity index (χ4n) is 2.29. The molecule has 0 aromatic rings. The van der Waals surface area contributed by atoms with Gasteiger partial charge in [0.05, 0.1) is 13.2 Å². The molecule has 1 atom stereocenters. The van der Waals surface area contributed by atoms with E-state index >= 15 is 0 Å². The van der Waals surface area contributed by atoms with Crippen molar-refractivity contribution in [3.05, 3.63) is 0 Å². The lowest BCUT2D eigenvalue weighted by Gasteiger charge is -2.08. The summed E-state index contributed by atoms with van der Waals surface area (Å²) < 4.78 is 4.60. The summed E-state index contributed by atoms with van der Waals surface area (Å²) in [4.78, 5) is 10.9. The van der Waals surface area contributed by atoms with Gasteiger partial charge < -0.3 is 9.84 Å². The summed E-state index contributed by atoms with van der Waals surface area (Å²) in [5.41, 5.74) is 0. The zero-order valence-corrected chi connectivity index (χ0v) is 12.8. The van der Waals surface area contributed by atoms with Gasteiger partial charge in [0.25, 0.3) is 0 Å². The first kappa shape index (κ1) is 18.4. The Morgan fingerprint density at radius 3 is 2.00 bits per heavy atom. The zero-order valence-electron chi connectivity index (χ0n) is 12.8. The summed E-state index contributed by atoms with van der Waals surface area (Å²) in [5, 5.41) is 9.58. The third-order valence-corrected chi connectivity index (χ3v) is 3.52. The highest BCUT2D eigenvalue weighted by Crippen LogP contribution is 2.12. The third kappa shape index (κ3) is 13.7. The van der Waals surface area contributed by atoms with E-state index in [9.17, 15) is 9.90 Å². The summed E-state index contributed by atoms with van der Waals surface area (Å²) in [7, 11) is 1.44. The molecule has 0 radical (unpaired) electrons. The van der Waals surface area contributed by atoms with Crippen molar-refractivity contribution >= 4 is 5.97 Å². The number of hydrogen-bond donors (Lipinski definition) is 1. The largest absolute Gasteiger partial charge is 0.469 e. The Morgan fingerprint density at radius 1 is 0.947 bits per heavy atom. The minimum Gasteiger partial charge on any atom is -0.469 e. The van der Waals surface area contributed by atoms with Crippen LogP contribution in [0.5, 0.6) is 0 Å². The summed E-state index contributed by atoms with van der Waals surface area (Å²) in [6, 6.07) is 0. The second-order valence-electron chi connectivity index (χ2n) is 5.39. The molecule has 1 N–H and O–H groups in total. The van der Waals surface area contributed by atoms with Crippen molar-refractivity contribution in [3.63, 3.8) is 0 Å². The zero-order chi connectivity index (χ0) is 14.3. The molecule has 0 aliphatic carbocycles. The summed E-state index contributed by atoms with van der Waals surface area (Å²) >= 11 is 0. The number of aliphatic hydroxyl groups is 1. The van der Waals surface area contributed by atoms with Gasteiger partial charge >= 0.3 is 5.97 Å². The second kappa shape index (κ2) is 13.9. The maximum absolute atomic E-state index is 10.9. The summed E-state index contributed by atoms with van der Waals surface area (Å²) in [5.74, 6) is -0.0920. The van der Waals surface area contributed by atoms with Crippen molar-refractivity contribution in [1.29, 1.82) is 0 Å². The molecule has 3 nitrogen and oxygen atoms in total. The topological polar surface area (TPSA) is 46.5 Å². The van der Waals surface area contributed by atoms with Gasteiger partial charge in [-0.3, -0.25) is 4.79 Å². The Kier molecular flexibility index (Phi) is 13.4. The molecule has 0 heterocycles. The molecule has 0 amide bonds. The highest BCUT2D eigenvalue weighted by atomic mass is 16.5. The normalized spacial score (nSPS) is 12.4. The molecular formula is C16H32O3. The maximum atomic E-state index is 10.9. The van der Waals surface area contributed by atoms with Crippen LogP contribution in [0.25, 0.3) is 0 Å². The van der Waals surface area contributed by atoms with Crippen LogP contribution in [-0.4, -0.2) is 24.3 Å². The molecule has 0 bridgehead atoms. The quantitative estimate of drug-likeness (QED) is 0.403. The van der Waals surface area contributed by atoms with E-state index < -0.39 is 0 Å². The number of unbranched alkanes of at least 4 members (excludes halogenated alkanes) is 7. The molecule has 19 heavy (non-hydrogen) atoms. The lowest BCUT2D eigenvalue weighted by Crippen LogP contribution is -2.04. The van der Waals surface area contributed by atoms with Crippen LogP contribution in [0.1, 0.15) is 84.0 Å². The monoisotopic (exact) mass is 272 g/mol. The van der Waals surface area contributed by atoms with Gasteiger partial charge in [0.15, 0.2) is 0 Å². The molecule has 0 aromatic heterocycles. The fraction of sp³-hybridized carbons (Fsp3) is 0.938. The van der Waals surface area contributed by atoms with E-state index in [1.807, 2.05) is 0 Å². The van der Waals surface area contributed by atoms with Crippen molar-refractivity contribution in [2.45, 2.75) is 90.1 Å². The highest BCUT2D eigenvalue weighted by molar-refractivity contribution is 5.68. The van der Waals surface area contributed by atoms with E-state index in [2.05, 4.69) is 11.7 Å². The molecule has 3 heteroatoms. The van der Waals surface area contributed by atoms with Crippen LogP contribution >= 0.6 is 0 Å². The fourth-order valence-corrected chi connectivity index (χ4v) is 2.29. The van der Waals surface area contributed by atoms with Crippen molar-refractivity contribution < 1.29 is 14.6 Å². The van der Waals surface area contributed by atoms with E-state index in [0.29, 0.717) is 6.42 Å². The predicted molar refractivity (Wildman–Crippen MR) is 79.1 cm³/mol. The summed E-state index contributed by atoms with van der Waals surface area (Å²) in [6.07, 6.45) is 13.0. The van der Waals surface area contributed by atoms with Crippen LogP contribution in [0.3, 0.4) is 0 Å². The maximum Gasteiger partial charge on any atom is 0.305 e. The number of aliphatic hydroxyl groups excluding tert-OH is 1. The average Bonchev–Trinajstić information content (AvgIpc) is 2.40. The Hall–Kier alpha value is -0.570. The summed E-state index contributed by atoms with van der Waals surface area (Å²) in [6.45, 7) is 2.11. The molecule has 0 rings (SSSR count). The van der Waals surface area contributed by atoms with Crippen LogP contribution in [0.4, 0.5) is 0 Å². The minimum atomic E-state index is -0.0920. The van der Waals surface area contributed by atoms with Crippen molar-refractivity contribution in [1.82, 2.24) is 0 Å². The number of methoxy groups -OCH3 is 1. The molecule has 0 aliphatic heterocycles. The molecular weight excluding hydrogens is 240 g/mol. The first-order chi connectivity index (χ1) is 9.20. The van der Waals surface area contributed by atoms with Gasteiger partial charge in [0.1, 0.15) is 0 Å². The van der Waals surface area contributed by atoms with E-state index in [1.54, 1.807) is 0 Å². The van der Waals surface area contributed by atoms with Crippen LogP contribution in [-0.2, 0) is 9.53 Å². The molecule has 0 saturated carbocycles. The van der Waals surface area contributed by atoms with E-state index in [0.717, 1.165) is 38.5 Å². The number of carbonyl (C=O) groups excluding carboxylic acids is 1. The molecule has 1 unspecified atom stereocenters. The van der Waals surface area contributed by atoms with E-state index in [-0.39, 0.29) is 12.1 Å². The van der Waals surface area contributed by atoms with E-state index in [1.165, 1.54) is 39.2 Å². The lowest BCUT2D eigenvalue weighted by atomic mass is 10.0. The number of hydrogen-bond acceptors (Lipinski definition) is 3. The number of rotatable bonds is 13. The van der Waals surface area contributed by atoms with Crippen LogP contribution < -0.4 is 0 Å². The van der Waals surface area contributed by atoms with Gasteiger partial charge in [-0.25, -0.2) is 0 Å². The first-order valence-electron chi connectivity index (χ1n) is 7.95. The number of carbonyl (C=O) groups is 1. The molecule has 0 aromatic carbocycles.